The minimum absolute atomic E-state index is 0.170. The van der Waals surface area contributed by atoms with Gasteiger partial charge in [-0.2, -0.15) is 0 Å². The fourth-order valence-electron chi connectivity index (χ4n) is 5.11. The molecule has 0 aromatic carbocycles. The monoisotopic (exact) mass is 452 g/mol. The van der Waals surface area contributed by atoms with Gasteiger partial charge < -0.3 is 9.47 Å². The normalized spacial score (nSPS) is 20.5. The smallest absolute Gasteiger partial charge is 0.309 e. The molecule has 0 aliphatic heterocycles. The Morgan fingerprint density at radius 3 is 1.38 bits per heavy atom. The standard InChI is InChI=1S/C28H52O4/c1-5-9-11-17-23(15-7-3)21-31-27(29)25-19-13-14-20-26(25)28(30)32-22-24(16-8-4)18-12-10-6-2/h23-26H,5-22H2,1-4H3. The molecule has 0 radical (unpaired) electrons. The van der Waals surface area contributed by atoms with E-state index >= 15 is 0 Å². The van der Waals surface area contributed by atoms with Gasteiger partial charge in [0.15, 0.2) is 0 Å². The van der Waals surface area contributed by atoms with Crippen LogP contribution in [0.3, 0.4) is 0 Å². The molecule has 0 heterocycles. The number of unbranched alkanes of at least 4 members (excludes halogenated alkanes) is 4. The van der Waals surface area contributed by atoms with E-state index in [4.69, 9.17) is 9.47 Å². The van der Waals surface area contributed by atoms with Crippen molar-refractivity contribution in [2.45, 2.75) is 130 Å². The molecule has 0 aromatic heterocycles. The largest absolute Gasteiger partial charge is 0.465 e. The van der Waals surface area contributed by atoms with E-state index in [1.54, 1.807) is 0 Å². The number of esters is 2. The second-order valence-electron chi connectivity index (χ2n) is 10.1. The zero-order valence-corrected chi connectivity index (χ0v) is 21.7. The van der Waals surface area contributed by atoms with Gasteiger partial charge in [-0.05, 0) is 50.4 Å². The Balaban J connectivity index is 2.57. The summed E-state index contributed by atoms with van der Waals surface area (Å²) in [5.74, 6) is -0.0878. The minimum Gasteiger partial charge on any atom is -0.465 e. The molecular weight excluding hydrogens is 400 g/mol. The topological polar surface area (TPSA) is 52.6 Å². The van der Waals surface area contributed by atoms with Crippen molar-refractivity contribution < 1.29 is 19.1 Å². The van der Waals surface area contributed by atoms with Gasteiger partial charge >= 0.3 is 11.9 Å². The second kappa shape index (κ2) is 18.4. The summed E-state index contributed by atoms with van der Waals surface area (Å²) in [4.78, 5) is 25.9. The maximum atomic E-state index is 12.9. The molecule has 1 rings (SSSR count). The first-order valence-electron chi connectivity index (χ1n) is 13.9. The SMILES string of the molecule is CCCCCC(CCC)COC(=O)C1CCCCC1C(=O)OCC(CCC)CCCCC. The second-order valence-corrected chi connectivity index (χ2v) is 10.1. The van der Waals surface area contributed by atoms with Crippen molar-refractivity contribution in [3.8, 4) is 0 Å². The van der Waals surface area contributed by atoms with E-state index in [1.165, 1.54) is 38.5 Å². The molecule has 0 aromatic rings. The fourth-order valence-corrected chi connectivity index (χ4v) is 5.11. The van der Waals surface area contributed by atoms with Gasteiger partial charge in [0.2, 0.25) is 0 Å². The maximum absolute atomic E-state index is 12.9. The van der Waals surface area contributed by atoms with E-state index in [2.05, 4.69) is 27.7 Å². The van der Waals surface area contributed by atoms with Crippen molar-refractivity contribution in [2.75, 3.05) is 13.2 Å². The van der Waals surface area contributed by atoms with Gasteiger partial charge in [-0.3, -0.25) is 9.59 Å². The van der Waals surface area contributed by atoms with Crippen LogP contribution in [0.5, 0.6) is 0 Å². The van der Waals surface area contributed by atoms with Crippen LogP contribution < -0.4 is 0 Å². The van der Waals surface area contributed by atoms with Crippen molar-refractivity contribution >= 4 is 11.9 Å². The summed E-state index contributed by atoms with van der Waals surface area (Å²) >= 11 is 0. The van der Waals surface area contributed by atoms with E-state index in [1.807, 2.05) is 0 Å². The lowest BCUT2D eigenvalue weighted by Crippen LogP contribution is -2.36. The Hall–Kier alpha value is -1.06. The van der Waals surface area contributed by atoms with E-state index in [0.29, 0.717) is 25.0 Å². The number of ether oxygens (including phenoxy) is 2. The Bertz CT molecular complexity index is 446. The molecule has 188 valence electrons. The molecule has 1 aliphatic carbocycles. The molecule has 1 aliphatic rings. The Kier molecular flexibility index (Phi) is 16.6. The molecule has 0 saturated heterocycles. The van der Waals surface area contributed by atoms with Crippen LogP contribution in [0.4, 0.5) is 0 Å². The maximum Gasteiger partial charge on any atom is 0.309 e. The Labute approximate surface area is 198 Å². The van der Waals surface area contributed by atoms with Crippen LogP contribution in [-0.2, 0) is 19.1 Å². The van der Waals surface area contributed by atoms with Crippen LogP contribution >= 0.6 is 0 Å². The Morgan fingerprint density at radius 2 is 1.03 bits per heavy atom. The van der Waals surface area contributed by atoms with Gasteiger partial charge in [-0.25, -0.2) is 0 Å². The summed E-state index contributed by atoms with van der Waals surface area (Å²) in [6.07, 6.45) is 17.5. The number of hydrogen-bond donors (Lipinski definition) is 0. The highest BCUT2D eigenvalue weighted by Crippen LogP contribution is 2.33. The summed E-state index contributed by atoms with van der Waals surface area (Å²) in [5.41, 5.74) is 0. The highest BCUT2D eigenvalue weighted by molar-refractivity contribution is 5.82. The summed E-state index contributed by atoms with van der Waals surface area (Å²) in [5, 5.41) is 0. The third-order valence-electron chi connectivity index (χ3n) is 7.12. The zero-order valence-electron chi connectivity index (χ0n) is 21.7. The lowest BCUT2D eigenvalue weighted by atomic mass is 9.79. The van der Waals surface area contributed by atoms with Gasteiger partial charge in [0, 0.05) is 0 Å². The average Bonchev–Trinajstić information content (AvgIpc) is 2.80. The number of rotatable bonds is 18. The lowest BCUT2D eigenvalue weighted by Gasteiger charge is -2.29. The van der Waals surface area contributed by atoms with Crippen molar-refractivity contribution in [1.82, 2.24) is 0 Å². The van der Waals surface area contributed by atoms with E-state index in [-0.39, 0.29) is 23.8 Å². The molecular formula is C28H52O4. The molecule has 0 spiro atoms. The first kappa shape index (κ1) is 29.0. The molecule has 4 atom stereocenters. The molecule has 4 unspecified atom stereocenters. The molecule has 4 heteroatoms. The Morgan fingerprint density at radius 1 is 0.625 bits per heavy atom. The molecule has 0 amide bonds. The molecule has 1 fully saturated rings. The summed E-state index contributed by atoms with van der Waals surface area (Å²) < 4.78 is 11.6. The number of hydrogen-bond acceptors (Lipinski definition) is 4. The first-order valence-corrected chi connectivity index (χ1v) is 13.9. The van der Waals surface area contributed by atoms with Crippen LogP contribution in [0, 0.1) is 23.7 Å². The third kappa shape index (κ3) is 11.7. The molecule has 1 saturated carbocycles. The van der Waals surface area contributed by atoms with Crippen LogP contribution in [0.1, 0.15) is 130 Å². The molecule has 32 heavy (non-hydrogen) atoms. The minimum atomic E-state index is -0.320. The summed E-state index contributed by atoms with van der Waals surface area (Å²) in [6, 6.07) is 0. The van der Waals surface area contributed by atoms with Crippen molar-refractivity contribution in [2.24, 2.45) is 23.7 Å². The number of carbonyl (C=O) groups is 2. The predicted molar refractivity (Wildman–Crippen MR) is 132 cm³/mol. The van der Waals surface area contributed by atoms with Crippen LogP contribution in [0.25, 0.3) is 0 Å². The van der Waals surface area contributed by atoms with E-state index in [0.717, 1.165) is 64.2 Å². The van der Waals surface area contributed by atoms with Gasteiger partial charge in [-0.15, -0.1) is 0 Å². The fraction of sp³-hybridized carbons (Fsp3) is 0.929. The molecule has 4 nitrogen and oxygen atoms in total. The highest BCUT2D eigenvalue weighted by atomic mass is 16.5. The summed E-state index contributed by atoms with van der Waals surface area (Å²) in [7, 11) is 0. The van der Waals surface area contributed by atoms with Gasteiger partial charge in [0.25, 0.3) is 0 Å². The van der Waals surface area contributed by atoms with Crippen molar-refractivity contribution in [3.05, 3.63) is 0 Å². The number of carbonyl (C=O) groups excluding carboxylic acids is 2. The lowest BCUT2D eigenvalue weighted by molar-refractivity contribution is -0.164. The van der Waals surface area contributed by atoms with Gasteiger partial charge in [0.05, 0.1) is 25.0 Å². The van der Waals surface area contributed by atoms with Gasteiger partial charge in [0.1, 0.15) is 0 Å². The van der Waals surface area contributed by atoms with Crippen LogP contribution in [-0.4, -0.2) is 25.2 Å². The quantitative estimate of drug-likeness (QED) is 0.157. The zero-order chi connectivity index (χ0) is 23.6. The predicted octanol–water partition coefficient (Wildman–Crippen LogP) is 7.87. The van der Waals surface area contributed by atoms with Crippen LogP contribution in [0.15, 0.2) is 0 Å². The summed E-state index contributed by atoms with van der Waals surface area (Å²) in [6.45, 7) is 9.82. The van der Waals surface area contributed by atoms with Gasteiger partial charge in [-0.1, -0.05) is 91.9 Å². The van der Waals surface area contributed by atoms with E-state index in [9.17, 15) is 9.59 Å². The average molecular weight is 453 g/mol. The molecule has 0 N–H and O–H groups in total. The van der Waals surface area contributed by atoms with Crippen LogP contribution in [0.2, 0.25) is 0 Å². The molecule has 0 bridgehead atoms. The van der Waals surface area contributed by atoms with Crippen molar-refractivity contribution in [1.29, 1.82) is 0 Å². The van der Waals surface area contributed by atoms with Crippen molar-refractivity contribution in [3.63, 3.8) is 0 Å². The first-order chi connectivity index (χ1) is 15.6. The highest BCUT2D eigenvalue weighted by Gasteiger charge is 2.38. The van der Waals surface area contributed by atoms with E-state index < -0.39 is 0 Å². The third-order valence-corrected chi connectivity index (χ3v) is 7.12.